The number of rotatable bonds is 5. The molecule has 2 rings (SSSR count). The molecule has 106 valence electrons. The molecule has 0 radical (unpaired) electrons. The fourth-order valence-corrected chi connectivity index (χ4v) is 2.28. The van der Waals surface area contributed by atoms with Crippen molar-refractivity contribution in [1.82, 2.24) is 5.32 Å². The predicted molar refractivity (Wildman–Crippen MR) is 72.6 cm³/mol. The van der Waals surface area contributed by atoms with Gasteiger partial charge in [0.25, 0.3) is 0 Å². The Morgan fingerprint density at radius 1 is 1.42 bits per heavy atom. The number of nitrogens with one attached hydrogen (secondary N) is 1. The highest BCUT2D eigenvalue weighted by molar-refractivity contribution is 5.29. The van der Waals surface area contributed by atoms with E-state index < -0.39 is 6.10 Å². The fourth-order valence-electron chi connectivity index (χ4n) is 2.28. The molecule has 0 bridgehead atoms. The standard InChI is InChI=1S/C15H22FNO2/c1-10(2)17-9-11-6-7-14(12(16)8-11)19-15-5-3-4-13(15)18/h6-8,10,13,15,17-18H,3-5,9H2,1-2H3. The van der Waals surface area contributed by atoms with Crippen molar-refractivity contribution in [1.29, 1.82) is 0 Å². The summed E-state index contributed by atoms with van der Waals surface area (Å²) in [4.78, 5) is 0. The van der Waals surface area contributed by atoms with Gasteiger partial charge in [-0.2, -0.15) is 0 Å². The molecule has 1 aromatic carbocycles. The van der Waals surface area contributed by atoms with Crippen LogP contribution >= 0.6 is 0 Å². The minimum Gasteiger partial charge on any atom is -0.485 e. The Kier molecular flexibility index (Phi) is 4.77. The first-order valence-corrected chi connectivity index (χ1v) is 6.93. The summed E-state index contributed by atoms with van der Waals surface area (Å²) in [6, 6.07) is 5.37. The summed E-state index contributed by atoms with van der Waals surface area (Å²) < 4.78 is 19.5. The number of hydrogen-bond donors (Lipinski definition) is 2. The zero-order valence-corrected chi connectivity index (χ0v) is 11.5. The van der Waals surface area contributed by atoms with E-state index in [4.69, 9.17) is 4.74 Å². The number of benzene rings is 1. The minimum atomic E-state index is -0.471. The van der Waals surface area contributed by atoms with Crippen LogP contribution in [-0.2, 0) is 6.54 Å². The minimum absolute atomic E-state index is 0.235. The van der Waals surface area contributed by atoms with Crippen LogP contribution in [0.4, 0.5) is 4.39 Å². The smallest absolute Gasteiger partial charge is 0.165 e. The van der Waals surface area contributed by atoms with Crippen molar-refractivity contribution >= 4 is 0 Å². The Morgan fingerprint density at radius 3 is 2.79 bits per heavy atom. The third-order valence-electron chi connectivity index (χ3n) is 3.41. The molecule has 0 saturated heterocycles. The van der Waals surface area contributed by atoms with Gasteiger partial charge in [-0.25, -0.2) is 4.39 Å². The highest BCUT2D eigenvalue weighted by Crippen LogP contribution is 2.27. The van der Waals surface area contributed by atoms with Crippen LogP contribution < -0.4 is 10.1 Å². The topological polar surface area (TPSA) is 41.5 Å². The molecule has 0 aliphatic heterocycles. The first-order valence-electron chi connectivity index (χ1n) is 6.93. The molecule has 3 nitrogen and oxygen atoms in total. The van der Waals surface area contributed by atoms with Crippen molar-refractivity contribution in [2.75, 3.05) is 0 Å². The Bertz CT molecular complexity index is 423. The molecule has 2 unspecified atom stereocenters. The quantitative estimate of drug-likeness (QED) is 0.861. The zero-order chi connectivity index (χ0) is 13.8. The van der Waals surface area contributed by atoms with E-state index in [0.717, 1.165) is 24.8 Å². The third kappa shape index (κ3) is 3.91. The second kappa shape index (κ2) is 6.35. The van der Waals surface area contributed by atoms with Gasteiger partial charge in [0.15, 0.2) is 11.6 Å². The van der Waals surface area contributed by atoms with Crippen molar-refractivity contribution < 1.29 is 14.2 Å². The third-order valence-corrected chi connectivity index (χ3v) is 3.41. The number of ether oxygens (including phenoxy) is 1. The van der Waals surface area contributed by atoms with E-state index >= 15 is 0 Å². The maximum absolute atomic E-state index is 13.9. The van der Waals surface area contributed by atoms with Crippen LogP contribution in [0, 0.1) is 5.82 Å². The lowest BCUT2D eigenvalue weighted by atomic mass is 10.2. The van der Waals surface area contributed by atoms with Gasteiger partial charge in [-0.3, -0.25) is 0 Å². The van der Waals surface area contributed by atoms with Crippen LogP contribution in [0.1, 0.15) is 38.7 Å². The highest BCUT2D eigenvalue weighted by Gasteiger charge is 2.27. The van der Waals surface area contributed by atoms with E-state index in [1.807, 2.05) is 6.07 Å². The number of halogens is 1. The summed E-state index contributed by atoms with van der Waals surface area (Å²) >= 11 is 0. The molecule has 2 N–H and O–H groups in total. The predicted octanol–water partition coefficient (Wildman–Crippen LogP) is 2.62. The summed E-state index contributed by atoms with van der Waals surface area (Å²) in [5, 5.41) is 12.9. The molecule has 0 heterocycles. The second-order valence-electron chi connectivity index (χ2n) is 5.45. The average Bonchev–Trinajstić information content (AvgIpc) is 2.75. The summed E-state index contributed by atoms with van der Waals surface area (Å²) in [5.74, 6) is -0.124. The van der Waals surface area contributed by atoms with Crippen molar-refractivity contribution in [3.63, 3.8) is 0 Å². The SMILES string of the molecule is CC(C)NCc1ccc(OC2CCCC2O)c(F)c1. The Hall–Kier alpha value is -1.13. The van der Waals surface area contributed by atoms with Crippen LogP contribution in [0.25, 0.3) is 0 Å². The lowest BCUT2D eigenvalue weighted by Crippen LogP contribution is -2.26. The van der Waals surface area contributed by atoms with Crippen LogP contribution in [-0.4, -0.2) is 23.4 Å². The van der Waals surface area contributed by atoms with E-state index in [1.54, 1.807) is 6.07 Å². The van der Waals surface area contributed by atoms with Gasteiger partial charge >= 0.3 is 0 Å². The van der Waals surface area contributed by atoms with Gasteiger partial charge in [-0.15, -0.1) is 0 Å². The molecule has 1 aliphatic carbocycles. The first-order chi connectivity index (χ1) is 9.06. The molecular weight excluding hydrogens is 245 g/mol. The van der Waals surface area contributed by atoms with E-state index in [1.165, 1.54) is 6.07 Å². The molecule has 19 heavy (non-hydrogen) atoms. The molecule has 1 fully saturated rings. The van der Waals surface area contributed by atoms with Crippen molar-refractivity contribution in [2.45, 2.75) is 57.9 Å². The maximum atomic E-state index is 13.9. The fraction of sp³-hybridized carbons (Fsp3) is 0.600. The Balaban J connectivity index is 1.98. The maximum Gasteiger partial charge on any atom is 0.165 e. The molecule has 1 aliphatic rings. The molecule has 0 spiro atoms. The van der Waals surface area contributed by atoms with Gasteiger partial charge in [0.05, 0.1) is 6.10 Å². The molecule has 0 amide bonds. The molecule has 2 atom stereocenters. The lowest BCUT2D eigenvalue weighted by Gasteiger charge is -2.18. The van der Waals surface area contributed by atoms with Gasteiger partial charge in [0.1, 0.15) is 6.10 Å². The normalized spacial score (nSPS) is 23.0. The van der Waals surface area contributed by atoms with Crippen LogP contribution in [0.5, 0.6) is 5.75 Å². The summed E-state index contributed by atoms with van der Waals surface area (Å²) in [5.41, 5.74) is 0.894. The van der Waals surface area contributed by atoms with Crippen molar-refractivity contribution in [3.05, 3.63) is 29.6 Å². The number of hydrogen-bond acceptors (Lipinski definition) is 3. The van der Waals surface area contributed by atoms with Crippen molar-refractivity contribution in [2.24, 2.45) is 0 Å². The summed E-state index contributed by atoms with van der Waals surface area (Å²) in [6.07, 6.45) is 1.72. The van der Waals surface area contributed by atoms with Crippen LogP contribution in [0.2, 0.25) is 0 Å². The average molecular weight is 267 g/mol. The van der Waals surface area contributed by atoms with Gasteiger partial charge in [-0.1, -0.05) is 19.9 Å². The first kappa shape index (κ1) is 14.3. The lowest BCUT2D eigenvalue weighted by molar-refractivity contribution is 0.0578. The van der Waals surface area contributed by atoms with Gasteiger partial charge in [0.2, 0.25) is 0 Å². The van der Waals surface area contributed by atoms with E-state index in [2.05, 4.69) is 19.2 Å². The van der Waals surface area contributed by atoms with Crippen LogP contribution in [0.3, 0.4) is 0 Å². The molecule has 1 aromatic rings. The van der Waals surface area contributed by atoms with Crippen LogP contribution in [0.15, 0.2) is 18.2 Å². The zero-order valence-electron chi connectivity index (χ0n) is 11.5. The number of aliphatic hydroxyl groups excluding tert-OH is 1. The van der Waals surface area contributed by atoms with E-state index in [9.17, 15) is 9.50 Å². The largest absolute Gasteiger partial charge is 0.485 e. The molecular formula is C15H22FNO2. The Morgan fingerprint density at radius 2 is 2.21 bits per heavy atom. The molecule has 0 aromatic heterocycles. The van der Waals surface area contributed by atoms with E-state index in [-0.39, 0.29) is 17.7 Å². The number of aliphatic hydroxyl groups is 1. The molecule has 4 heteroatoms. The van der Waals surface area contributed by atoms with Gasteiger partial charge in [0, 0.05) is 12.6 Å². The summed E-state index contributed by atoms with van der Waals surface area (Å²) in [6.45, 7) is 4.74. The molecule has 1 saturated carbocycles. The van der Waals surface area contributed by atoms with Gasteiger partial charge in [-0.05, 0) is 37.0 Å². The highest BCUT2D eigenvalue weighted by atomic mass is 19.1. The van der Waals surface area contributed by atoms with E-state index in [0.29, 0.717) is 12.6 Å². The Labute approximate surface area is 113 Å². The van der Waals surface area contributed by atoms with Gasteiger partial charge < -0.3 is 15.2 Å². The monoisotopic (exact) mass is 267 g/mol. The van der Waals surface area contributed by atoms with Crippen molar-refractivity contribution in [3.8, 4) is 5.75 Å². The summed E-state index contributed by atoms with van der Waals surface area (Å²) in [7, 11) is 0. The second-order valence-corrected chi connectivity index (χ2v) is 5.45.